The molecule has 0 saturated carbocycles. The molecule has 0 aliphatic carbocycles. The zero-order valence-electron chi connectivity index (χ0n) is 14.3. The summed E-state index contributed by atoms with van der Waals surface area (Å²) in [6.45, 7) is 6.50. The molecular formula is C19H25NO4. The largest absolute Gasteiger partial charge is 0.493 e. The molecule has 2 atom stereocenters. The summed E-state index contributed by atoms with van der Waals surface area (Å²) in [5.74, 6) is 0.798. The van der Waals surface area contributed by atoms with Gasteiger partial charge in [-0.15, -0.1) is 0 Å². The van der Waals surface area contributed by atoms with Crippen LogP contribution in [0.25, 0.3) is 0 Å². The molecule has 1 fully saturated rings. The molecule has 5 nitrogen and oxygen atoms in total. The lowest BCUT2D eigenvalue weighted by atomic mass is 10.0. The first-order valence-electron chi connectivity index (χ1n) is 8.53. The van der Waals surface area contributed by atoms with Crippen molar-refractivity contribution in [2.45, 2.75) is 38.8 Å². The third-order valence-corrected chi connectivity index (χ3v) is 4.36. The first-order chi connectivity index (χ1) is 11.6. The zero-order valence-corrected chi connectivity index (χ0v) is 14.3. The van der Waals surface area contributed by atoms with Crippen molar-refractivity contribution in [3.63, 3.8) is 0 Å². The molecule has 0 spiro atoms. The van der Waals surface area contributed by atoms with Crippen molar-refractivity contribution in [3.05, 3.63) is 41.0 Å². The van der Waals surface area contributed by atoms with Gasteiger partial charge < -0.3 is 19.5 Å². The molecule has 3 rings (SSSR count). The lowest BCUT2D eigenvalue weighted by Gasteiger charge is -2.32. The lowest BCUT2D eigenvalue weighted by molar-refractivity contribution is -0.0457. The van der Waals surface area contributed by atoms with E-state index in [2.05, 4.69) is 11.4 Å². The predicted molar refractivity (Wildman–Crippen MR) is 91.5 cm³/mol. The second-order valence-corrected chi connectivity index (χ2v) is 6.52. The smallest absolute Gasteiger partial charge is 0.251 e. The zero-order chi connectivity index (χ0) is 16.9. The van der Waals surface area contributed by atoms with Crippen LogP contribution in [-0.4, -0.2) is 44.5 Å². The molecule has 130 valence electrons. The first-order valence-corrected chi connectivity index (χ1v) is 8.53. The number of fused-ring (bicyclic) bond motifs is 1. The molecule has 0 aromatic heterocycles. The van der Waals surface area contributed by atoms with Gasteiger partial charge in [0, 0.05) is 18.6 Å². The first kappa shape index (κ1) is 17.0. The van der Waals surface area contributed by atoms with Gasteiger partial charge in [-0.3, -0.25) is 4.79 Å². The Morgan fingerprint density at radius 3 is 3.08 bits per heavy atom. The van der Waals surface area contributed by atoms with E-state index in [1.54, 1.807) is 0 Å². The fourth-order valence-electron chi connectivity index (χ4n) is 2.97. The molecular weight excluding hydrogens is 306 g/mol. The van der Waals surface area contributed by atoms with Crippen molar-refractivity contribution in [1.82, 2.24) is 5.32 Å². The second kappa shape index (κ2) is 7.81. The molecule has 1 amide bonds. The number of rotatable bonds is 5. The molecule has 0 radical (unpaired) electrons. The van der Waals surface area contributed by atoms with E-state index in [0.29, 0.717) is 32.0 Å². The van der Waals surface area contributed by atoms with E-state index in [4.69, 9.17) is 14.2 Å². The van der Waals surface area contributed by atoms with Gasteiger partial charge in [-0.2, -0.15) is 0 Å². The Labute approximate surface area is 143 Å². The maximum absolute atomic E-state index is 12.6. The normalized spacial score (nSPS) is 22.4. The fourth-order valence-corrected chi connectivity index (χ4v) is 2.97. The standard InChI is InChI=1S/C19H25NO4/c1-13(2)5-9-24-18-7-8-22-12-16(18)20-19(21)15-3-4-17-14(11-15)6-10-23-17/h3-5,11,16,18H,6-10,12H2,1-2H3,(H,20,21)/t16-,18+/m0/s1. The Morgan fingerprint density at radius 2 is 2.25 bits per heavy atom. The van der Waals surface area contributed by atoms with Gasteiger partial charge in [0.2, 0.25) is 0 Å². The summed E-state index contributed by atoms with van der Waals surface area (Å²) in [7, 11) is 0. The highest BCUT2D eigenvalue weighted by atomic mass is 16.5. The quantitative estimate of drug-likeness (QED) is 0.842. The van der Waals surface area contributed by atoms with Crippen LogP contribution in [0.15, 0.2) is 29.8 Å². The van der Waals surface area contributed by atoms with Crippen molar-refractivity contribution in [3.8, 4) is 5.75 Å². The van der Waals surface area contributed by atoms with Gasteiger partial charge in [-0.1, -0.05) is 11.6 Å². The van der Waals surface area contributed by atoms with Crippen molar-refractivity contribution >= 4 is 5.91 Å². The molecule has 1 aromatic carbocycles. The Bertz CT molecular complexity index is 622. The van der Waals surface area contributed by atoms with Gasteiger partial charge in [-0.25, -0.2) is 0 Å². The van der Waals surface area contributed by atoms with Crippen molar-refractivity contribution in [1.29, 1.82) is 0 Å². The molecule has 2 aliphatic heterocycles. The van der Waals surface area contributed by atoms with Crippen molar-refractivity contribution < 1.29 is 19.0 Å². The third-order valence-electron chi connectivity index (χ3n) is 4.36. The van der Waals surface area contributed by atoms with Crippen LogP contribution in [0.4, 0.5) is 0 Å². The number of hydrogen-bond donors (Lipinski definition) is 1. The Kier molecular flexibility index (Phi) is 5.53. The molecule has 24 heavy (non-hydrogen) atoms. The Hall–Kier alpha value is -1.85. The van der Waals surface area contributed by atoms with Crippen LogP contribution < -0.4 is 10.1 Å². The van der Waals surface area contributed by atoms with Crippen LogP contribution in [0.5, 0.6) is 5.75 Å². The van der Waals surface area contributed by atoms with E-state index in [0.717, 1.165) is 24.2 Å². The highest BCUT2D eigenvalue weighted by Gasteiger charge is 2.28. The second-order valence-electron chi connectivity index (χ2n) is 6.52. The van der Waals surface area contributed by atoms with E-state index in [-0.39, 0.29) is 18.1 Å². The van der Waals surface area contributed by atoms with E-state index < -0.39 is 0 Å². The number of nitrogens with one attached hydrogen (secondary N) is 1. The van der Waals surface area contributed by atoms with E-state index >= 15 is 0 Å². The summed E-state index contributed by atoms with van der Waals surface area (Å²) in [5, 5.41) is 3.06. The van der Waals surface area contributed by atoms with Crippen LogP contribution in [-0.2, 0) is 15.9 Å². The van der Waals surface area contributed by atoms with Crippen LogP contribution >= 0.6 is 0 Å². The minimum absolute atomic E-state index is 0.0175. The maximum atomic E-state index is 12.6. The maximum Gasteiger partial charge on any atom is 0.251 e. The lowest BCUT2D eigenvalue weighted by Crippen LogP contribution is -2.50. The molecule has 2 aliphatic rings. The highest BCUT2D eigenvalue weighted by molar-refractivity contribution is 5.94. The predicted octanol–water partition coefficient (Wildman–Crippen LogP) is 2.49. The highest BCUT2D eigenvalue weighted by Crippen LogP contribution is 2.26. The number of benzene rings is 1. The minimum atomic E-state index is -0.124. The average molecular weight is 331 g/mol. The Morgan fingerprint density at radius 1 is 1.38 bits per heavy atom. The summed E-state index contributed by atoms with van der Waals surface area (Å²) in [4.78, 5) is 12.6. The monoisotopic (exact) mass is 331 g/mol. The summed E-state index contributed by atoms with van der Waals surface area (Å²) in [5.41, 5.74) is 2.98. The van der Waals surface area contributed by atoms with E-state index in [1.165, 1.54) is 5.57 Å². The van der Waals surface area contributed by atoms with Gasteiger partial charge in [0.05, 0.1) is 32.0 Å². The topological polar surface area (TPSA) is 56.8 Å². The molecule has 1 saturated heterocycles. The molecule has 1 N–H and O–H groups in total. The average Bonchev–Trinajstić information content (AvgIpc) is 3.03. The summed E-state index contributed by atoms with van der Waals surface area (Å²) < 4.78 is 16.9. The van der Waals surface area contributed by atoms with E-state index in [1.807, 2.05) is 32.0 Å². The van der Waals surface area contributed by atoms with Crippen LogP contribution in [0.1, 0.15) is 36.2 Å². The molecule has 0 bridgehead atoms. The van der Waals surface area contributed by atoms with Gasteiger partial charge in [0.1, 0.15) is 5.75 Å². The van der Waals surface area contributed by atoms with Gasteiger partial charge in [-0.05, 0) is 44.0 Å². The number of carbonyl (C=O) groups excluding carboxylic acids is 1. The van der Waals surface area contributed by atoms with Gasteiger partial charge in [0.25, 0.3) is 5.91 Å². The number of ether oxygens (including phenoxy) is 3. The van der Waals surface area contributed by atoms with Gasteiger partial charge >= 0.3 is 0 Å². The van der Waals surface area contributed by atoms with Crippen LogP contribution in [0, 0.1) is 0 Å². The number of hydrogen-bond acceptors (Lipinski definition) is 4. The van der Waals surface area contributed by atoms with Crippen LogP contribution in [0.2, 0.25) is 0 Å². The third kappa shape index (κ3) is 4.16. The molecule has 5 heteroatoms. The molecule has 1 aromatic rings. The molecule has 0 unspecified atom stereocenters. The molecule has 2 heterocycles. The summed E-state index contributed by atoms with van der Waals surface area (Å²) in [6, 6.07) is 5.47. The van der Waals surface area contributed by atoms with E-state index in [9.17, 15) is 4.79 Å². The fraction of sp³-hybridized carbons (Fsp3) is 0.526. The Balaban J connectivity index is 1.61. The summed E-state index contributed by atoms with van der Waals surface area (Å²) >= 11 is 0. The summed E-state index contributed by atoms with van der Waals surface area (Å²) in [6.07, 6.45) is 3.68. The van der Waals surface area contributed by atoms with Crippen molar-refractivity contribution in [2.75, 3.05) is 26.4 Å². The minimum Gasteiger partial charge on any atom is -0.493 e. The SMILES string of the molecule is CC(C)=CCO[C@@H]1CCOC[C@@H]1NC(=O)c1ccc2c(c1)CCO2. The number of carbonyl (C=O) groups is 1. The number of amides is 1. The van der Waals surface area contributed by atoms with Crippen LogP contribution in [0.3, 0.4) is 0 Å². The van der Waals surface area contributed by atoms with Crippen molar-refractivity contribution in [2.24, 2.45) is 0 Å². The van der Waals surface area contributed by atoms with Gasteiger partial charge in [0.15, 0.2) is 0 Å². The number of allylic oxidation sites excluding steroid dienone is 1.